The summed E-state index contributed by atoms with van der Waals surface area (Å²) in [4.78, 5) is 30.1. The van der Waals surface area contributed by atoms with Gasteiger partial charge in [-0.15, -0.1) is 0 Å². The van der Waals surface area contributed by atoms with Crippen molar-refractivity contribution in [2.45, 2.75) is 13.0 Å². The maximum absolute atomic E-state index is 13.5. The van der Waals surface area contributed by atoms with Gasteiger partial charge in [0, 0.05) is 37.4 Å². The number of amides is 2. The molecule has 1 fully saturated rings. The Hall–Kier alpha value is -3.99. The molecule has 3 aromatic rings. The van der Waals surface area contributed by atoms with Gasteiger partial charge in [0.15, 0.2) is 0 Å². The fourth-order valence-corrected chi connectivity index (χ4v) is 4.15. The lowest BCUT2D eigenvalue weighted by molar-refractivity contribution is -0.120. The third-order valence-electron chi connectivity index (χ3n) is 6.13. The minimum absolute atomic E-state index is 0.0477. The highest BCUT2D eigenvalue weighted by Crippen LogP contribution is 2.22. The molecular formula is C29H30N4O3. The lowest BCUT2D eigenvalue weighted by Gasteiger charge is -2.26. The number of rotatable bonds is 9. The van der Waals surface area contributed by atoms with Gasteiger partial charge in [-0.1, -0.05) is 42.5 Å². The van der Waals surface area contributed by atoms with Crippen LogP contribution in [0.2, 0.25) is 0 Å². The Bertz CT molecular complexity index is 1200. The number of morpholine rings is 1. The summed E-state index contributed by atoms with van der Waals surface area (Å²) in [5.41, 5.74) is 3.54. The van der Waals surface area contributed by atoms with Crippen molar-refractivity contribution in [3.05, 3.63) is 101 Å². The van der Waals surface area contributed by atoms with Crippen LogP contribution in [0.3, 0.4) is 0 Å². The van der Waals surface area contributed by atoms with Crippen LogP contribution >= 0.6 is 0 Å². The number of nitrogens with zero attached hydrogens (tertiary/aromatic N) is 3. The number of carbonyl (C=O) groups is 2. The number of benzene rings is 3. The van der Waals surface area contributed by atoms with Gasteiger partial charge >= 0.3 is 0 Å². The fraction of sp³-hybridized carbons (Fsp3) is 0.276. The van der Waals surface area contributed by atoms with Gasteiger partial charge < -0.3 is 15.0 Å². The SMILES string of the molecule is N#Cc1ccc(C(=O)N(Cc2ccccc2)c2cccc(CC(=O)NCCN3CCOCC3)c2)cc1. The first-order valence-corrected chi connectivity index (χ1v) is 12.1. The van der Waals surface area contributed by atoms with Crippen molar-refractivity contribution in [1.29, 1.82) is 5.26 Å². The molecule has 0 saturated carbocycles. The van der Waals surface area contributed by atoms with Crippen LogP contribution < -0.4 is 10.2 Å². The number of nitrogens with one attached hydrogen (secondary N) is 1. The van der Waals surface area contributed by atoms with Crippen LogP contribution in [0.1, 0.15) is 27.0 Å². The summed E-state index contributed by atoms with van der Waals surface area (Å²) < 4.78 is 5.36. The second kappa shape index (κ2) is 12.6. The number of hydrogen-bond donors (Lipinski definition) is 1. The van der Waals surface area contributed by atoms with E-state index in [1.54, 1.807) is 29.2 Å². The molecule has 1 saturated heterocycles. The van der Waals surface area contributed by atoms with E-state index in [2.05, 4.69) is 16.3 Å². The van der Waals surface area contributed by atoms with Crippen molar-refractivity contribution >= 4 is 17.5 Å². The second-order valence-electron chi connectivity index (χ2n) is 8.72. The summed E-state index contributed by atoms with van der Waals surface area (Å²) in [5.74, 6) is -0.219. The molecule has 7 heteroatoms. The van der Waals surface area contributed by atoms with E-state index in [-0.39, 0.29) is 18.2 Å². The van der Waals surface area contributed by atoms with Crippen molar-refractivity contribution in [3.63, 3.8) is 0 Å². The van der Waals surface area contributed by atoms with Crippen LogP contribution in [0.4, 0.5) is 5.69 Å². The molecule has 0 bridgehead atoms. The monoisotopic (exact) mass is 482 g/mol. The zero-order chi connectivity index (χ0) is 25.2. The van der Waals surface area contributed by atoms with Crippen molar-refractivity contribution < 1.29 is 14.3 Å². The zero-order valence-electron chi connectivity index (χ0n) is 20.2. The van der Waals surface area contributed by atoms with E-state index in [0.29, 0.717) is 29.9 Å². The molecule has 1 heterocycles. The van der Waals surface area contributed by atoms with Gasteiger partial charge in [-0.3, -0.25) is 14.5 Å². The first kappa shape index (κ1) is 25.1. The highest BCUT2D eigenvalue weighted by atomic mass is 16.5. The molecule has 3 aromatic carbocycles. The molecule has 0 aliphatic carbocycles. The molecule has 0 unspecified atom stereocenters. The van der Waals surface area contributed by atoms with Gasteiger partial charge in [0.1, 0.15) is 0 Å². The highest BCUT2D eigenvalue weighted by Gasteiger charge is 2.19. The molecular weight excluding hydrogens is 452 g/mol. The maximum atomic E-state index is 13.5. The molecule has 184 valence electrons. The van der Waals surface area contributed by atoms with E-state index in [4.69, 9.17) is 10.00 Å². The quantitative estimate of drug-likeness (QED) is 0.505. The average Bonchev–Trinajstić information content (AvgIpc) is 2.93. The molecule has 0 radical (unpaired) electrons. The van der Waals surface area contributed by atoms with Crippen molar-refractivity contribution in [2.24, 2.45) is 0 Å². The maximum Gasteiger partial charge on any atom is 0.258 e. The summed E-state index contributed by atoms with van der Waals surface area (Å²) in [6.07, 6.45) is 0.237. The minimum Gasteiger partial charge on any atom is -0.379 e. The Morgan fingerprint density at radius 2 is 1.67 bits per heavy atom. The first-order valence-electron chi connectivity index (χ1n) is 12.1. The molecule has 0 atom stereocenters. The number of carbonyl (C=O) groups excluding carboxylic acids is 2. The van der Waals surface area contributed by atoms with Gasteiger partial charge in [0.05, 0.1) is 37.8 Å². The summed E-state index contributed by atoms with van der Waals surface area (Å²) in [6.45, 7) is 5.04. The smallest absolute Gasteiger partial charge is 0.258 e. The Kier molecular flexibility index (Phi) is 8.82. The highest BCUT2D eigenvalue weighted by molar-refractivity contribution is 6.06. The second-order valence-corrected chi connectivity index (χ2v) is 8.72. The Labute approximate surface area is 211 Å². The van der Waals surface area contributed by atoms with Crippen LogP contribution in [0.15, 0.2) is 78.9 Å². The standard InChI is InChI=1S/C29H30N4O3/c30-21-23-9-11-26(12-10-23)29(35)33(22-24-5-2-1-3-6-24)27-8-4-7-25(19-27)20-28(34)31-13-14-32-15-17-36-18-16-32/h1-12,19H,13-18,20,22H2,(H,31,34). The van der Waals surface area contributed by atoms with Crippen molar-refractivity contribution in [1.82, 2.24) is 10.2 Å². The molecule has 0 aromatic heterocycles. The lowest BCUT2D eigenvalue weighted by atomic mass is 10.1. The molecule has 1 N–H and O–H groups in total. The van der Waals surface area contributed by atoms with Gasteiger partial charge in [-0.05, 0) is 47.5 Å². The Morgan fingerprint density at radius 3 is 2.39 bits per heavy atom. The molecule has 1 aliphatic rings. The van der Waals surface area contributed by atoms with E-state index >= 15 is 0 Å². The van der Waals surface area contributed by atoms with Crippen LogP contribution in [-0.4, -0.2) is 56.1 Å². The molecule has 4 rings (SSSR count). The Balaban J connectivity index is 1.46. The van der Waals surface area contributed by atoms with Crippen molar-refractivity contribution in [3.8, 4) is 6.07 Å². The van der Waals surface area contributed by atoms with Crippen molar-refractivity contribution in [2.75, 3.05) is 44.3 Å². The Morgan fingerprint density at radius 1 is 0.944 bits per heavy atom. The normalized spacial score (nSPS) is 13.5. The number of ether oxygens (including phenoxy) is 1. The number of hydrogen-bond acceptors (Lipinski definition) is 5. The molecule has 0 spiro atoms. The van der Waals surface area contributed by atoms with Gasteiger partial charge in [-0.2, -0.15) is 5.26 Å². The molecule has 2 amide bonds. The minimum atomic E-state index is -0.171. The summed E-state index contributed by atoms with van der Waals surface area (Å²) in [5, 5.41) is 12.1. The van der Waals surface area contributed by atoms with E-state index in [1.165, 1.54) is 0 Å². The van der Waals surface area contributed by atoms with E-state index < -0.39 is 0 Å². The van der Waals surface area contributed by atoms with Gasteiger partial charge in [0.2, 0.25) is 5.91 Å². The zero-order valence-corrected chi connectivity index (χ0v) is 20.2. The average molecular weight is 483 g/mol. The van der Waals surface area contributed by atoms with E-state index in [9.17, 15) is 9.59 Å². The third kappa shape index (κ3) is 7.01. The topological polar surface area (TPSA) is 85.7 Å². The summed E-state index contributed by atoms with van der Waals surface area (Å²) in [6, 6.07) is 26.0. The number of nitriles is 1. The van der Waals surface area contributed by atoms with Crippen LogP contribution in [0.25, 0.3) is 0 Å². The summed E-state index contributed by atoms with van der Waals surface area (Å²) in [7, 11) is 0. The van der Waals surface area contributed by atoms with E-state index in [1.807, 2.05) is 54.6 Å². The molecule has 1 aliphatic heterocycles. The number of anilines is 1. The predicted octanol–water partition coefficient (Wildman–Crippen LogP) is 3.40. The first-order chi connectivity index (χ1) is 17.6. The molecule has 7 nitrogen and oxygen atoms in total. The van der Waals surface area contributed by atoms with Crippen LogP contribution in [0.5, 0.6) is 0 Å². The largest absolute Gasteiger partial charge is 0.379 e. The molecule has 36 heavy (non-hydrogen) atoms. The van der Waals surface area contributed by atoms with Crippen LogP contribution in [-0.2, 0) is 22.5 Å². The van der Waals surface area contributed by atoms with Gasteiger partial charge in [0.25, 0.3) is 5.91 Å². The summed E-state index contributed by atoms with van der Waals surface area (Å²) >= 11 is 0. The van der Waals surface area contributed by atoms with Gasteiger partial charge in [-0.25, -0.2) is 0 Å². The van der Waals surface area contributed by atoms with E-state index in [0.717, 1.165) is 44.0 Å². The van der Waals surface area contributed by atoms with Crippen LogP contribution in [0, 0.1) is 11.3 Å². The fourth-order valence-electron chi connectivity index (χ4n) is 4.15. The lowest BCUT2D eigenvalue weighted by Crippen LogP contribution is -2.41. The predicted molar refractivity (Wildman–Crippen MR) is 139 cm³/mol. The third-order valence-corrected chi connectivity index (χ3v) is 6.13.